The molecule has 1 heterocycles. The summed E-state index contributed by atoms with van der Waals surface area (Å²) >= 11 is 5.62. The van der Waals surface area contributed by atoms with E-state index in [9.17, 15) is 4.39 Å². The van der Waals surface area contributed by atoms with Crippen molar-refractivity contribution in [3.8, 4) is 11.4 Å². The van der Waals surface area contributed by atoms with Crippen molar-refractivity contribution in [1.82, 2.24) is 20.4 Å². The molecule has 1 aromatic carbocycles. The van der Waals surface area contributed by atoms with Gasteiger partial charge in [0, 0.05) is 5.56 Å². The fourth-order valence-corrected chi connectivity index (χ4v) is 1.21. The zero-order chi connectivity index (χ0) is 10.8. The summed E-state index contributed by atoms with van der Waals surface area (Å²) < 4.78 is 12.9. The van der Waals surface area contributed by atoms with E-state index in [0.29, 0.717) is 17.2 Å². The number of halogens is 2. The van der Waals surface area contributed by atoms with Crippen LogP contribution >= 0.6 is 11.6 Å². The van der Waals surface area contributed by atoms with Gasteiger partial charge < -0.3 is 0 Å². The van der Waals surface area contributed by atoms with Crippen LogP contribution in [0.5, 0.6) is 0 Å². The van der Waals surface area contributed by atoms with Crippen LogP contribution in [-0.4, -0.2) is 20.4 Å². The molecule has 6 heteroatoms. The molecule has 2 aromatic rings. The molecule has 4 nitrogen and oxygen atoms in total. The minimum atomic E-state index is -0.478. The van der Waals surface area contributed by atoms with Crippen molar-refractivity contribution >= 4 is 11.6 Å². The highest BCUT2D eigenvalue weighted by molar-refractivity contribution is 6.31. The van der Waals surface area contributed by atoms with Gasteiger partial charge in [-0.05, 0) is 25.1 Å². The summed E-state index contributed by atoms with van der Waals surface area (Å²) in [4.78, 5) is 0. The van der Waals surface area contributed by atoms with E-state index >= 15 is 0 Å². The zero-order valence-electron chi connectivity index (χ0n) is 7.78. The summed E-state index contributed by atoms with van der Waals surface area (Å²) in [6.07, 6.45) is 0. The van der Waals surface area contributed by atoms with Gasteiger partial charge in [0.2, 0.25) is 5.82 Å². The molecule has 0 fully saturated rings. The first-order chi connectivity index (χ1) is 7.16. The van der Waals surface area contributed by atoms with E-state index in [4.69, 9.17) is 11.6 Å². The molecule has 0 saturated heterocycles. The third kappa shape index (κ3) is 2.07. The first kappa shape index (κ1) is 9.92. The highest BCUT2D eigenvalue weighted by atomic mass is 35.5. The first-order valence-corrected chi connectivity index (χ1v) is 4.54. The van der Waals surface area contributed by atoms with Gasteiger partial charge in [-0.1, -0.05) is 11.6 Å². The third-order valence-corrected chi connectivity index (χ3v) is 2.05. The van der Waals surface area contributed by atoms with Gasteiger partial charge >= 0.3 is 0 Å². The van der Waals surface area contributed by atoms with Crippen LogP contribution in [0.3, 0.4) is 0 Å². The van der Waals surface area contributed by atoms with Crippen LogP contribution in [0.1, 0.15) is 5.82 Å². The lowest BCUT2D eigenvalue weighted by Crippen LogP contribution is -1.98. The van der Waals surface area contributed by atoms with Gasteiger partial charge in [-0.2, -0.15) is 0 Å². The molecule has 0 atom stereocenters. The van der Waals surface area contributed by atoms with Crippen molar-refractivity contribution in [3.63, 3.8) is 0 Å². The number of benzene rings is 1. The van der Waals surface area contributed by atoms with Crippen molar-refractivity contribution in [1.29, 1.82) is 0 Å². The van der Waals surface area contributed by atoms with Crippen LogP contribution in [0.2, 0.25) is 5.02 Å². The van der Waals surface area contributed by atoms with Crippen LogP contribution < -0.4 is 0 Å². The van der Waals surface area contributed by atoms with Crippen LogP contribution in [0.25, 0.3) is 11.4 Å². The molecule has 0 radical (unpaired) electrons. The van der Waals surface area contributed by atoms with E-state index in [1.165, 1.54) is 18.2 Å². The molecule has 1 aromatic heterocycles. The lowest BCUT2D eigenvalue weighted by Gasteiger charge is -1.99. The highest BCUT2D eigenvalue weighted by Gasteiger charge is 2.06. The Kier molecular flexibility index (Phi) is 2.55. The quantitative estimate of drug-likeness (QED) is 0.744. The minimum absolute atomic E-state index is 0.0247. The van der Waals surface area contributed by atoms with Gasteiger partial charge in [0.1, 0.15) is 5.82 Å². The Balaban J connectivity index is 2.45. The van der Waals surface area contributed by atoms with Crippen LogP contribution in [0.4, 0.5) is 4.39 Å². The van der Waals surface area contributed by atoms with Crippen LogP contribution in [0, 0.1) is 12.7 Å². The molecular formula is C9H6ClFN4. The van der Waals surface area contributed by atoms with Crippen molar-refractivity contribution in [2.75, 3.05) is 0 Å². The summed E-state index contributed by atoms with van der Waals surface area (Å²) in [7, 11) is 0. The molecule has 0 spiro atoms. The Hall–Kier alpha value is -1.62. The van der Waals surface area contributed by atoms with Crippen molar-refractivity contribution in [3.05, 3.63) is 34.9 Å². The smallest absolute Gasteiger partial charge is 0.203 e. The number of nitrogens with zero attached hydrogens (tertiary/aromatic N) is 4. The molecule has 0 N–H and O–H groups in total. The average molecular weight is 225 g/mol. The Morgan fingerprint density at radius 2 is 1.80 bits per heavy atom. The lowest BCUT2D eigenvalue weighted by molar-refractivity contribution is 0.628. The molecule has 2 rings (SSSR count). The predicted molar refractivity (Wildman–Crippen MR) is 52.8 cm³/mol. The minimum Gasteiger partial charge on any atom is -0.205 e. The van der Waals surface area contributed by atoms with E-state index in [0.717, 1.165) is 0 Å². The maximum absolute atomic E-state index is 12.9. The van der Waals surface area contributed by atoms with Gasteiger partial charge in [-0.15, -0.1) is 20.4 Å². The van der Waals surface area contributed by atoms with E-state index in [1.807, 2.05) is 0 Å². The fourth-order valence-electron chi connectivity index (χ4n) is 1.03. The Morgan fingerprint density at radius 3 is 2.40 bits per heavy atom. The van der Waals surface area contributed by atoms with Crippen LogP contribution in [-0.2, 0) is 0 Å². The van der Waals surface area contributed by atoms with Gasteiger partial charge in [-0.3, -0.25) is 0 Å². The van der Waals surface area contributed by atoms with E-state index in [1.54, 1.807) is 6.92 Å². The first-order valence-electron chi connectivity index (χ1n) is 4.16. The second-order valence-corrected chi connectivity index (χ2v) is 3.31. The Bertz CT molecular complexity index is 486. The normalized spacial score (nSPS) is 10.3. The summed E-state index contributed by atoms with van der Waals surface area (Å²) in [5, 5.41) is 15.1. The SMILES string of the molecule is Cc1nnc(-c2ccc(F)c(Cl)c2)nn1. The number of aromatic nitrogens is 4. The van der Waals surface area contributed by atoms with Crippen molar-refractivity contribution in [2.24, 2.45) is 0 Å². The van der Waals surface area contributed by atoms with Gasteiger partial charge in [0.15, 0.2) is 5.82 Å². The van der Waals surface area contributed by atoms with Crippen LogP contribution in [0.15, 0.2) is 18.2 Å². The maximum atomic E-state index is 12.9. The summed E-state index contributed by atoms with van der Waals surface area (Å²) in [5.41, 5.74) is 0.585. The molecule has 0 saturated carbocycles. The summed E-state index contributed by atoms with van der Waals surface area (Å²) in [5.74, 6) is 0.322. The topological polar surface area (TPSA) is 51.6 Å². The standard InChI is InChI=1S/C9H6ClFN4/c1-5-12-14-9(15-13-5)6-2-3-8(11)7(10)4-6/h2-4H,1H3. The van der Waals surface area contributed by atoms with Gasteiger partial charge in [-0.25, -0.2) is 4.39 Å². The number of hydrogen-bond acceptors (Lipinski definition) is 4. The molecule has 0 amide bonds. The lowest BCUT2D eigenvalue weighted by atomic mass is 10.2. The monoisotopic (exact) mass is 224 g/mol. The number of rotatable bonds is 1. The van der Waals surface area contributed by atoms with Crippen molar-refractivity contribution in [2.45, 2.75) is 6.92 Å². The molecule has 0 aliphatic rings. The predicted octanol–water partition coefficient (Wildman–Crippen LogP) is 2.03. The van der Waals surface area contributed by atoms with Crippen molar-refractivity contribution < 1.29 is 4.39 Å². The Labute approximate surface area is 90.1 Å². The van der Waals surface area contributed by atoms with Gasteiger partial charge in [0.25, 0.3) is 0 Å². The molecule has 76 valence electrons. The molecule has 0 bridgehead atoms. The largest absolute Gasteiger partial charge is 0.205 e. The van der Waals surface area contributed by atoms with E-state index < -0.39 is 5.82 Å². The zero-order valence-corrected chi connectivity index (χ0v) is 8.53. The molecule has 0 aliphatic carbocycles. The second-order valence-electron chi connectivity index (χ2n) is 2.90. The molecule has 0 unspecified atom stereocenters. The Morgan fingerprint density at radius 1 is 1.13 bits per heavy atom. The van der Waals surface area contributed by atoms with Gasteiger partial charge in [0.05, 0.1) is 5.02 Å². The van der Waals surface area contributed by atoms with E-state index in [2.05, 4.69) is 20.4 Å². The molecule has 0 aliphatic heterocycles. The number of hydrogen-bond donors (Lipinski definition) is 0. The maximum Gasteiger partial charge on any atom is 0.203 e. The molecule has 15 heavy (non-hydrogen) atoms. The number of aryl methyl sites for hydroxylation is 1. The summed E-state index contributed by atoms with van der Waals surface area (Å²) in [6, 6.07) is 4.21. The molecular weight excluding hydrogens is 219 g/mol. The average Bonchev–Trinajstić information content (AvgIpc) is 2.23. The fraction of sp³-hybridized carbons (Fsp3) is 0.111. The second kappa shape index (κ2) is 3.86. The van der Waals surface area contributed by atoms with E-state index in [-0.39, 0.29) is 5.02 Å². The third-order valence-electron chi connectivity index (χ3n) is 1.76. The highest BCUT2D eigenvalue weighted by Crippen LogP contribution is 2.21. The summed E-state index contributed by atoms with van der Waals surface area (Å²) in [6.45, 7) is 1.68.